The van der Waals surface area contributed by atoms with Crippen LogP contribution in [0.15, 0.2) is 16.8 Å². The van der Waals surface area contributed by atoms with E-state index < -0.39 is 0 Å². The molecule has 96 valence electrons. The van der Waals surface area contributed by atoms with Gasteiger partial charge >= 0.3 is 0 Å². The Morgan fingerprint density at radius 1 is 1.71 bits per heavy atom. The van der Waals surface area contributed by atoms with Crippen molar-refractivity contribution in [3.63, 3.8) is 0 Å². The molecule has 3 N–H and O–H groups in total. The van der Waals surface area contributed by atoms with Gasteiger partial charge in [-0.25, -0.2) is 0 Å². The molecule has 0 aliphatic carbocycles. The Labute approximate surface area is 106 Å². The lowest BCUT2D eigenvalue weighted by Gasteiger charge is -2.41. The zero-order chi connectivity index (χ0) is 12.3. The molecule has 1 saturated heterocycles. The van der Waals surface area contributed by atoms with Crippen LogP contribution in [0.3, 0.4) is 0 Å². The van der Waals surface area contributed by atoms with E-state index in [1.165, 1.54) is 5.56 Å². The first-order chi connectivity index (χ1) is 8.24. The van der Waals surface area contributed by atoms with E-state index in [4.69, 9.17) is 10.5 Å². The highest BCUT2D eigenvalue weighted by atomic mass is 32.1. The molecule has 3 unspecified atom stereocenters. The topological polar surface area (TPSA) is 58.7 Å². The summed E-state index contributed by atoms with van der Waals surface area (Å²) in [6, 6.07) is 2.38. The fraction of sp³-hybridized carbons (Fsp3) is 0.667. The predicted octanol–water partition coefficient (Wildman–Crippen LogP) is 0.830. The van der Waals surface area contributed by atoms with Gasteiger partial charge in [-0.2, -0.15) is 11.3 Å². The van der Waals surface area contributed by atoms with Crippen molar-refractivity contribution in [1.82, 2.24) is 4.90 Å². The van der Waals surface area contributed by atoms with Crippen molar-refractivity contribution in [2.24, 2.45) is 5.73 Å². The first-order valence-corrected chi connectivity index (χ1v) is 6.90. The van der Waals surface area contributed by atoms with Crippen LogP contribution in [0.4, 0.5) is 0 Å². The van der Waals surface area contributed by atoms with E-state index in [9.17, 15) is 5.11 Å². The van der Waals surface area contributed by atoms with Gasteiger partial charge < -0.3 is 15.6 Å². The van der Waals surface area contributed by atoms with Crippen LogP contribution < -0.4 is 5.73 Å². The van der Waals surface area contributed by atoms with Crippen LogP contribution in [0.1, 0.15) is 18.5 Å². The molecule has 1 aliphatic heterocycles. The zero-order valence-electron chi connectivity index (χ0n) is 10.1. The van der Waals surface area contributed by atoms with Crippen LogP contribution in [-0.4, -0.2) is 48.5 Å². The first-order valence-electron chi connectivity index (χ1n) is 5.96. The summed E-state index contributed by atoms with van der Waals surface area (Å²) in [6.45, 7) is 4.26. The molecule has 1 aromatic heterocycles. The van der Waals surface area contributed by atoms with Crippen molar-refractivity contribution < 1.29 is 9.84 Å². The molecule has 0 spiro atoms. The molecular formula is C12H20N2O2S. The highest BCUT2D eigenvalue weighted by Gasteiger charge is 2.32. The van der Waals surface area contributed by atoms with Crippen molar-refractivity contribution >= 4 is 11.3 Å². The lowest BCUT2D eigenvalue weighted by Crippen LogP contribution is -2.52. The summed E-state index contributed by atoms with van der Waals surface area (Å²) in [4.78, 5) is 2.27. The number of thiophene rings is 1. The summed E-state index contributed by atoms with van der Waals surface area (Å²) < 4.78 is 5.41. The van der Waals surface area contributed by atoms with Gasteiger partial charge in [0.05, 0.1) is 31.9 Å². The third-order valence-corrected chi connectivity index (χ3v) is 3.93. The van der Waals surface area contributed by atoms with Gasteiger partial charge in [-0.05, 0) is 29.3 Å². The third kappa shape index (κ3) is 2.86. The Balaban J connectivity index is 2.20. The summed E-state index contributed by atoms with van der Waals surface area (Å²) in [6.07, 6.45) is 0. The van der Waals surface area contributed by atoms with Gasteiger partial charge in [0.15, 0.2) is 0 Å². The van der Waals surface area contributed by atoms with E-state index in [2.05, 4.69) is 21.7 Å². The molecule has 3 atom stereocenters. The minimum absolute atomic E-state index is 0.0387. The molecule has 4 nitrogen and oxygen atoms in total. The maximum Gasteiger partial charge on any atom is 0.0645 e. The number of nitrogens with two attached hydrogens (primary N) is 1. The molecule has 5 heteroatoms. The van der Waals surface area contributed by atoms with E-state index in [0.29, 0.717) is 13.2 Å². The van der Waals surface area contributed by atoms with Gasteiger partial charge in [-0.1, -0.05) is 0 Å². The molecule has 1 fully saturated rings. The van der Waals surface area contributed by atoms with E-state index in [1.807, 2.05) is 6.92 Å². The van der Waals surface area contributed by atoms with Crippen LogP contribution in [0.5, 0.6) is 0 Å². The van der Waals surface area contributed by atoms with Crippen LogP contribution in [0, 0.1) is 0 Å². The number of rotatable bonds is 4. The quantitative estimate of drug-likeness (QED) is 0.838. The molecule has 2 rings (SSSR count). The predicted molar refractivity (Wildman–Crippen MR) is 69.1 cm³/mol. The minimum Gasteiger partial charge on any atom is -0.395 e. The second-order valence-corrected chi connectivity index (χ2v) is 5.29. The highest BCUT2D eigenvalue weighted by Crippen LogP contribution is 2.28. The number of ether oxygens (including phenoxy) is 1. The maximum atomic E-state index is 9.43. The first kappa shape index (κ1) is 13.0. The van der Waals surface area contributed by atoms with Crippen molar-refractivity contribution in [1.29, 1.82) is 0 Å². The van der Waals surface area contributed by atoms with Crippen LogP contribution in [0.25, 0.3) is 0 Å². The summed E-state index contributed by atoms with van der Waals surface area (Å²) in [5.74, 6) is 0. The number of aliphatic hydroxyl groups is 1. The van der Waals surface area contributed by atoms with E-state index >= 15 is 0 Å². The smallest absolute Gasteiger partial charge is 0.0645 e. The van der Waals surface area contributed by atoms with Crippen LogP contribution >= 0.6 is 11.3 Å². The fourth-order valence-corrected chi connectivity index (χ4v) is 3.12. The third-order valence-electron chi connectivity index (χ3n) is 3.22. The van der Waals surface area contributed by atoms with E-state index in [1.54, 1.807) is 11.3 Å². The number of aliphatic hydroxyl groups excluding tert-OH is 1. The average molecular weight is 256 g/mol. The molecule has 17 heavy (non-hydrogen) atoms. The number of morpholine rings is 1. The largest absolute Gasteiger partial charge is 0.395 e. The second-order valence-electron chi connectivity index (χ2n) is 4.51. The van der Waals surface area contributed by atoms with Gasteiger partial charge in [-0.15, -0.1) is 0 Å². The van der Waals surface area contributed by atoms with Gasteiger partial charge in [0.25, 0.3) is 0 Å². The molecule has 0 radical (unpaired) electrons. The molecule has 2 heterocycles. The van der Waals surface area contributed by atoms with Gasteiger partial charge in [-0.3, -0.25) is 4.90 Å². The SMILES string of the molecule is CC(N)C(c1ccsc1)N1CCOCC1CO. The maximum absolute atomic E-state index is 9.43. The average Bonchev–Trinajstić information content (AvgIpc) is 2.83. The van der Waals surface area contributed by atoms with Gasteiger partial charge in [0, 0.05) is 12.6 Å². The Morgan fingerprint density at radius 2 is 2.53 bits per heavy atom. The molecule has 1 aromatic rings. The summed E-state index contributed by atoms with van der Waals surface area (Å²) >= 11 is 1.68. The number of nitrogens with zero attached hydrogens (tertiary/aromatic N) is 1. The highest BCUT2D eigenvalue weighted by molar-refractivity contribution is 7.07. The zero-order valence-corrected chi connectivity index (χ0v) is 10.9. The molecule has 0 saturated carbocycles. The van der Waals surface area contributed by atoms with E-state index in [0.717, 1.165) is 6.54 Å². The summed E-state index contributed by atoms with van der Waals surface area (Å²) in [5, 5.41) is 13.6. The van der Waals surface area contributed by atoms with Crippen molar-refractivity contribution in [3.8, 4) is 0 Å². The Bertz CT molecular complexity index is 329. The normalized spacial score (nSPS) is 25.7. The molecule has 0 amide bonds. The Kier molecular flexibility index (Phi) is 4.53. The second kappa shape index (κ2) is 5.93. The molecule has 0 bridgehead atoms. The Morgan fingerprint density at radius 3 is 3.12 bits per heavy atom. The number of hydrogen-bond acceptors (Lipinski definition) is 5. The van der Waals surface area contributed by atoms with Crippen molar-refractivity contribution in [3.05, 3.63) is 22.4 Å². The van der Waals surface area contributed by atoms with Crippen LogP contribution in [0.2, 0.25) is 0 Å². The van der Waals surface area contributed by atoms with Crippen LogP contribution in [-0.2, 0) is 4.74 Å². The summed E-state index contributed by atoms with van der Waals surface area (Å²) in [5.41, 5.74) is 7.36. The minimum atomic E-state index is 0.0387. The lowest BCUT2D eigenvalue weighted by atomic mass is 9.99. The Hall–Kier alpha value is -0.460. The van der Waals surface area contributed by atoms with Crippen molar-refractivity contribution in [2.45, 2.75) is 25.0 Å². The number of hydrogen-bond donors (Lipinski definition) is 2. The molecular weight excluding hydrogens is 236 g/mol. The lowest BCUT2D eigenvalue weighted by molar-refractivity contribution is -0.0515. The monoisotopic (exact) mass is 256 g/mol. The molecule has 1 aliphatic rings. The molecule has 0 aromatic carbocycles. The fourth-order valence-electron chi connectivity index (χ4n) is 2.43. The van der Waals surface area contributed by atoms with Crippen molar-refractivity contribution in [2.75, 3.05) is 26.4 Å². The standard InChI is InChI=1S/C12H20N2O2S/c1-9(13)12(10-2-5-17-8-10)14-3-4-16-7-11(14)6-15/h2,5,8-9,11-12,15H,3-4,6-7,13H2,1H3. The van der Waals surface area contributed by atoms with Gasteiger partial charge in [0.2, 0.25) is 0 Å². The summed E-state index contributed by atoms with van der Waals surface area (Å²) in [7, 11) is 0. The van der Waals surface area contributed by atoms with E-state index in [-0.39, 0.29) is 24.7 Å². The van der Waals surface area contributed by atoms with Gasteiger partial charge in [0.1, 0.15) is 0 Å².